The van der Waals surface area contributed by atoms with Gasteiger partial charge in [-0.1, -0.05) is 31.5 Å². The molecule has 2 atom stereocenters. The second-order valence-corrected chi connectivity index (χ2v) is 5.05. The van der Waals surface area contributed by atoms with E-state index in [4.69, 9.17) is 16.3 Å². The Bertz CT molecular complexity index is 448. The molecular formula is C14H18ClFO3. The van der Waals surface area contributed by atoms with Crippen molar-refractivity contribution < 1.29 is 19.0 Å². The van der Waals surface area contributed by atoms with Crippen LogP contribution in [0, 0.1) is 17.7 Å². The molecule has 1 N–H and O–H groups in total. The number of ether oxygens (including phenoxy) is 1. The van der Waals surface area contributed by atoms with Crippen molar-refractivity contribution in [3.8, 4) is 0 Å². The molecular weight excluding hydrogens is 271 g/mol. The summed E-state index contributed by atoms with van der Waals surface area (Å²) in [4.78, 5) is 11.8. The molecule has 3 nitrogen and oxygen atoms in total. The first-order valence-corrected chi connectivity index (χ1v) is 6.55. The van der Waals surface area contributed by atoms with Crippen LogP contribution in [-0.4, -0.2) is 17.7 Å². The van der Waals surface area contributed by atoms with E-state index in [1.807, 2.05) is 0 Å². The van der Waals surface area contributed by atoms with Crippen molar-refractivity contribution in [3.05, 3.63) is 34.6 Å². The topological polar surface area (TPSA) is 46.5 Å². The van der Waals surface area contributed by atoms with Crippen LogP contribution < -0.4 is 0 Å². The lowest BCUT2D eigenvalue weighted by molar-refractivity contribution is -0.154. The molecule has 0 aliphatic heterocycles. The first-order chi connectivity index (χ1) is 8.88. The van der Waals surface area contributed by atoms with Crippen molar-refractivity contribution in [1.29, 1.82) is 0 Å². The Morgan fingerprint density at radius 1 is 1.47 bits per heavy atom. The van der Waals surface area contributed by atoms with Gasteiger partial charge in [-0.2, -0.15) is 0 Å². The first kappa shape index (κ1) is 15.9. The summed E-state index contributed by atoms with van der Waals surface area (Å²) in [5.41, 5.74) is 0.314. The van der Waals surface area contributed by atoms with E-state index in [-0.39, 0.29) is 17.5 Å². The van der Waals surface area contributed by atoms with E-state index in [1.165, 1.54) is 12.1 Å². The second kappa shape index (κ2) is 6.87. The summed E-state index contributed by atoms with van der Waals surface area (Å²) >= 11 is 5.59. The lowest BCUT2D eigenvalue weighted by Gasteiger charge is -2.24. The number of carbonyl (C=O) groups is 1. The molecule has 0 aromatic heterocycles. The number of hydrogen-bond donors (Lipinski definition) is 1. The highest BCUT2D eigenvalue weighted by atomic mass is 35.5. The van der Waals surface area contributed by atoms with E-state index >= 15 is 0 Å². The van der Waals surface area contributed by atoms with Crippen molar-refractivity contribution in [2.24, 2.45) is 11.8 Å². The van der Waals surface area contributed by atoms with Crippen LogP contribution in [0.3, 0.4) is 0 Å². The van der Waals surface area contributed by atoms with Crippen LogP contribution in [0.1, 0.15) is 32.4 Å². The predicted molar refractivity (Wildman–Crippen MR) is 71.3 cm³/mol. The van der Waals surface area contributed by atoms with Gasteiger partial charge >= 0.3 is 5.97 Å². The number of aliphatic hydroxyl groups excluding tert-OH is 1. The quantitative estimate of drug-likeness (QED) is 0.845. The highest BCUT2D eigenvalue weighted by molar-refractivity contribution is 6.30. The largest absolute Gasteiger partial charge is 0.466 e. The number of benzene rings is 1. The Kier molecular flexibility index (Phi) is 5.76. The Labute approximate surface area is 117 Å². The molecule has 1 aromatic carbocycles. The van der Waals surface area contributed by atoms with Crippen molar-refractivity contribution in [2.45, 2.75) is 26.9 Å². The molecule has 0 saturated carbocycles. The summed E-state index contributed by atoms with van der Waals surface area (Å²) in [5, 5.41) is 10.2. The van der Waals surface area contributed by atoms with Crippen molar-refractivity contribution in [3.63, 3.8) is 0 Å². The molecule has 5 heteroatoms. The van der Waals surface area contributed by atoms with Crippen LogP contribution in [0.25, 0.3) is 0 Å². The molecule has 0 aliphatic carbocycles. The molecule has 2 unspecified atom stereocenters. The molecule has 0 aliphatic rings. The zero-order chi connectivity index (χ0) is 14.6. The number of halogens is 2. The maximum atomic E-state index is 13.4. The Morgan fingerprint density at radius 2 is 2.11 bits per heavy atom. The summed E-state index contributed by atoms with van der Waals surface area (Å²) < 4.78 is 18.3. The lowest BCUT2D eigenvalue weighted by atomic mass is 9.86. The highest BCUT2D eigenvalue weighted by Gasteiger charge is 2.32. The van der Waals surface area contributed by atoms with E-state index in [2.05, 4.69) is 0 Å². The molecule has 0 amide bonds. The van der Waals surface area contributed by atoms with Gasteiger partial charge < -0.3 is 9.84 Å². The Morgan fingerprint density at radius 3 is 2.58 bits per heavy atom. The van der Waals surface area contributed by atoms with Crippen molar-refractivity contribution >= 4 is 17.6 Å². The number of aliphatic hydroxyl groups is 1. The highest BCUT2D eigenvalue weighted by Crippen LogP contribution is 2.30. The fourth-order valence-corrected chi connectivity index (χ4v) is 2.03. The smallest absolute Gasteiger partial charge is 0.312 e. The average molecular weight is 289 g/mol. The normalized spacial score (nSPS) is 14.3. The Hall–Kier alpha value is -1.13. The zero-order valence-electron chi connectivity index (χ0n) is 11.2. The Balaban J connectivity index is 3.01. The van der Waals surface area contributed by atoms with Gasteiger partial charge in [0.2, 0.25) is 0 Å². The standard InChI is InChI=1S/C14H18ClFO3/c1-4-19-14(18)12(8(2)3)13(17)9-5-6-10(15)11(16)7-9/h5-8,12-13,17H,4H2,1-3H3. The third-order valence-electron chi connectivity index (χ3n) is 2.90. The van der Waals surface area contributed by atoms with Crippen LogP contribution >= 0.6 is 11.6 Å². The van der Waals surface area contributed by atoms with E-state index < -0.39 is 23.8 Å². The monoisotopic (exact) mass is 288 g/mol. The maximum absolute atomic E-state index is 13.4. The summed E-state index contributed by atoms with van der Waals surface area (Å²) in [7, 11) is 0. The molecule has 0 heterocycles. The third kappa shape index (κ3) is 3.91. The van der Waals surface area contributed by atoms with Crippen LogP contribution in [0.5, 0.6) is 0 Å². The molecule has 0 spiro atoms. The van der Waals surface area contributed by atoms with Gasteiger partial charge in [-0.05, 0) is 30.5 Å². The molecule has 1 aromatic rings. The minimum absolute atomic E-state index is 0.0202. The van der Waals surface area contributed by atoms with Gasteiger partial charge in [0.05, 0.1) is 23.7 Å². The number of carbonyl (C=O) groups excluding carboxylic acids is 1. The summed E-state index contributed by atoms with van der Waals surface area (Å²) in [5.74, 6) is -1.97. The lowest BCUT2D eigenvalue weighted by Crippen LogP contribution is -2.29. The molecule has 0 saturated heterocycles. The van der Waals surface area contributed by atoms with Crippen LogP contribution in [-0.2, 0) is 9.53 Å². The molecule has 106 valence electrons. The summed E-state index contributed by atoms with van der Waals surface area (Å²) in [6.45, 7) is 5.54. The average Bonchev–Trinajstić information content (AvgIpc) is 2.32. The van der Waals surface area contributed by atoms with Crippen LogP contribution in [0.2, 0.25) is 5.02 Å². The summed E-state index contributed by atoms with van der Waals surface area (Å²) in [6.07, 6.45) is -1.12. The third-order valence-corrected chi connectivity index (χ3v) is 3.21. The van der Waals surface area contributed by atoms with Crippen molar-refractivity contribution in [1.82, 2.24) is 0 Å². The van der Waals surface area contributed by atoms with Gasteiger partial charge in [-0.3, -0.25) is 4.79 Å². The minimum Gasteiger partial charge on any atom is -0.466 e. The number of hydrogen-bond acceptors (Lipinski definition) is 3. The van der Waals surface area contributed by atoms with Gasteiger partial charge in [0.1, 0.15) is 5.82 Å². The van der Waals surface area contributed by atoms with Gasteiger partial charge in [0, 0.05) is 0 Å². The van der Waals surface area contributed by atoms with E-state index in [9.17, 15) is 14.3 Å². The molecule has 19 heavy (non-hydrogen) atoms. The van der Waals surface area contributed by atoms with Crippen LogP contribution in [0.15, 0.2) is 18.2 Å². The van der Waals surface area contributed by atoms with Crippen LogP contribution in [0.4, 0.5) is 4.39 Å². The van der Waals surface area contributed by atoms with Gasteiger partial charge in [-0.15, -0.1) is 0 Å². The first-order valence-electron chi connectivity index (χ1n) is 6.18. The predicted octanol–water partition coefficient (Wildman–Crippen LogP) is 3.35. The summed E-state index contributed by atoms with van der Waals surface area (Å²) in [6, 6.07) is 4.00. The molecule has 0 radical (unpaired) electrons. The molecule has 1 rings (SSSR count). The number of rotatable bonds is 5. The van der Waals surface area contributed by atoms with Gasteiger partial charge in [-0.25, -0.2) is 4.39 Å². The second-order valence-electron chi connectivity index (χ2n) is 4.64. The van der Waals surface area contributed by atoms with E-state index in [1.54, 1.807) is 20.8 Å². The van der Waals surface area contributed by atoms with Gasteiger partial charge in [0.25, 0.3) is 0 Å². The van der Waals surface area contributed by atoms with E-state index in [0.717, 1.165) is 6.07 Å². The number of esters is 1. The minimum atomic E-state index is -1.12. The molecule has 0 fully saturated rings. The van der Waals surface area contributed by atoms with E-state index in [0.29, 0.717) is 5.56 Å². The molecule has 0 bridgehead atoms. The fourth-order valence-electron chi connectivity index (χ4n) is 1.91. The maximum Gasteiger partial charge on any atom is 0.312 e. The van der Waals surface area contributed by atoms with Gasteiger partial charge in [0.15, 0.2) is 0 Å². The van der Waals surface area contributed by atoms with Crippen molar-refractivity contribution in [2.75, 3.05) is 6.61 Å². The fraction of sp³-hybridized carbons (Fsp3) is 0.500. The zero-order valence-corrected chi connectivity index (χ0v) is 11.9. The SMILES string of the molecule is CCOC(=O)C(C(C)C)C(O)c1ccc(Cl)c(F)c1.